The molecule has 4 amide bonds. The molecule has 2 aromatic rings. The minimum Gasteiger partial charge on any atom is -0.454 e. The first-order chi connectivity index (χ1) is 14.2. The molecule has 0 aliphatic carbocycles. The lowest BCUT2D eigenvalue weighted by Crippen LogP contribution is -2.49. The maximum absolute atomic E-state index is 12.6. The highest BCUT2D eigenvalue weighted by molar-refractivity contribution is 5.98. The van der Waals surface area contributed by atoms with E-state index in [1.807, 2.05) is 0 Å². The monoisotopic (exact) mass is 411 g/mol. The van der Waals surface area contributed by atoms with E-state index in [4.69, 9.17) is 4.74 Å². The third kappa shape index (κ3) is 7.38. The average molecular weight is 411 g/mol. The van der Waals surface area contributed by atoms with Gasteiger partial charge >= 0.3 is 12.0 Å². The van der Waals surface area contributed by atoms with Crippen LogP contribution in [0.2, 0.25) is 0 Å². The largest absolute Gasteiger partial charge is 0.454 e. The number of imide groups is 1. The number of nitrogens with one attached hydrogen (secondary N) is 3. The molecule has 0 saturated heterocycles. The van der Waals surface area contributed by atoms with Gasteiger partial charge < -0.3 is 15.4 Å². The Bertz CT molecular complexity index is 892. The van der Waals surface area contributed by atoms with E-state index >= 15 is 0 Å². The summed E-state index contributed by atoms with van der Waals surface area (Å²) in [5.74, 6) is -2.07. The lowest BCUT2D eigenvalue weighted by molar-refractivity contribution is -0.150. The molecule has 0 saturated carbocycles. The molecule has 2 rings (SSSR count). The number of ether oxygens (including phenoxy) is 1. The molecule has 8 nitrogen and oxygen atoms in total. The lowest BCUT2D eigenvalue weighted by Gasteiger charge is -2.20. The van der Waals surface area contributed by atoms with Crippen LogP contribution in [0.4, 0.5) is 4.79 Å². The Hall–Kier alpha value is -3.68. The molecule has 2 aromatic carbocycles. The summed E-state index contributed by atoms with van der Waals surface area (Å²) in [5.41, 5.74) is 0.349. The maximum Gasteiger partial charge on any atom is 0.333 e. The number of esters is 1. The highest BCUT2D eigenvalue weighted by Crippen LogP contribution is 2.15. The first-order valence-corrected chi connectivity index (χ1v) is 9.35. The third-order valence-electron chi connectivity index (χ3n) is 3.77. The van der Waals surface area contributed by atoms with Gasteiger partial charge in [0.05, 0.1) is 0 Å². The van der Waals surface area contributed by atoms with Crippen molar-refractivity contribution >= 4 is 23.8 Å². The molecule has 0 aliphatic heterocycles. The van der Waals surface area contributed by atoms with Gasteiger partial charge in [-0.2, -0.15) is 0 Å². The highest BCUT2D eigenvalue weighted by Gasteiger charge is 2.26. The van der Waals surface area contributed by atoms with E-state index in [1.165, 1.54) is 0 Å². The van der Waals surface area contributed by atoms with E-state index in [0.29, 0.717) is 11.1 Å². The second-order valence-corrected chi connectivity index (χ2v) is 7.54. The van der Waals surface area contributed by atoms with Crippen LogP contribution in [0, 0.1) is 0 Å². The van der Waals surface area contributed by atoms with Crippen LogP contribution < -0.4 is 16.0 Å². The molecule has 0 spiro atoms. The van der Waals surface area contributed by atoms with Crippen LogP contribution >= 0.6 is 0 Å². The van der Waals surface area contributed by atoms with Crippen molar-refractivity contribution in [1.29, 1.82) is 0 Å². The van der Waals surface area contributed by atoms with E-state index in [1.54, 1.807) is 81.4 Å². The summed E-state index contributed by atoms with van der Waals surface area (Å²) in [7, 11) is 0. The standard InChI is InChI=1S/C22H25N3O5/c1-22(2,3)25-21(29)23-17(26)14-30-20(28)18(15-10-6-4-7-11-15)24-19(27)16-12-8-5-9-13-16/h4-13,18H,14H2,1-3H3,(H,24,27)(H2,23,25,26,29). The number of amides is 4. The maximum atomic E-state index is 12.6. The predicted molar refractivity (Wildman–Crippen MR) is 110 cm³/mol. The average Bonchev–Trinajstić information content (AvgIpc) is 2.70. The predicted octanol–water partition coefficient (Wildman–Crippen LogP) is 2.33. The minimum atomic E-state index is -1.12. The number of carbonyl (C=O) groups excluding carboxylic acids is 4. The Morgan fingerprint density at radius 3 is 2.03 bits per heavy atom. The number of rotatable bonds is 6. The molecular formula is C22H25N3O5. The highest BCUT2D eigenvalue weighted by atomic mass is 16.5. The van der Waals surface area contributed by atoms with E-state index in [9.17, 15) is 19.2 Å². The van der Waals surface area contributed by atoms with E-state index in [2.05, 4.69) is 16.0 Å². The quantitative estimate of drug-likeness (QED) is 0.632. The van der Waals surface area contributed by atoms with Crippen molar-refractivity contribution in [2.24, 2.45) is 0 Å². The van der Waals surface area contributed by atoms with Crippen molar-refractivity contribution < 1.29 is 23.9 Å². The van der Waals surface area contributed by atoms with Crippen molar-refractivity contribution in [3.8, 4) is 0 Å². The fourth-order valence-electron chi connectivity index (χ4n) is 2.48. The van der Waals surface area contributed by atoms with Gasteiger partial charge in [-0.05, 0) is 38.5 Å². The normalized spacial score (nSPS) is 11.7. The summed E-state index contributed by atoms with van der Waals surface area (Å²) in [6, 6.07) is 15.1. The van der Waals surface area contributed by atoms with Crippen molar-refractivity contribution in [1.82, 2.24) is 16.0 Å². The molecule has 8 heteroatoms. The molecule has 0 aliphatic rings. The van der Waals surface area contributed by atoms with Gasteiger partial charge in [0.2, 0.25) is 0 Å². The zero-order valence-electron chi connectivity index (χ0n) is 17.1. The minimum absolute atomic E-state index is 0.378. The molecule has 30 heavy (non-hydrogen) atoms. The SMILES string of the molecule is CC(C)(C)NC(=O)NC(=O)COC(=O)C(NC(=O)c1ccccc1)c1ccccc1. The van der Waals surface area contributed by atoms with Crippen molar-refractivity contribution in [2.75, 3.05) is 6.61 Å². The summed E-state index contributed by atoms with van der Waals surface area (Å²) in [6.45, 7) is 4.62. The number of benzene rings is 2. The van der Waals surface area contributed by atoms with Crippen LogP contribution in [-0.2, 0) is 14.3 Å². The Kier molecular flexibility index (Phi) is 7.69. The summed E-state index contributed by atoms with van der Waals surface area (Å²) >= 11 is 0. The van der Waals surface area contributed by atoms with Crippen LogP contribution in [0.5, 0.6) is 0 Å². The Morgan fingerprint density at radius 1 is 0.900 bits per heavy atom. The van der Waals surface area contributed by atoms with Crippen LogP contribution in [0.1, 0.15) is 42.7 Å². The number of carbonyl (C=O) groups is 4. The lowest BCUT2D eigenvalue weighted by atomic mass is 10.1. The van der Waals surface area contributed by atoms with Crippen LogP contribution in [0.3, 0.4) is 0 Å². The van der Waals surface area contributed by atoms with E-state index in [-0.39, 0.29) is 0 Å². The van der Waals surface area contributed by atoms with Gasteiger partial charge in [-0.3, -0.25) is 14.9 Å². The van der Waals surface area contributed by atoms with Gasteiger partial charge in [0.1, 0.15) is 0 Å². The van der Waals surface area contributed by atoms with Crippen molar-refractivity contribution in [2.45, 2.75) is 32.4 Å². The van der Waals surface area contributed by atoms with Gasteiger partial charge in [0.25, 0.3) is 11.8 Å². The molecule has 1 atom stereocenters. The van der Waals surface area contributed by atoms with Crippen molar-refractivity contribution in [3.05, 3.63) is 71.8 Å². The van der Waals surface area contributed by atoms with E-state index < -0.39 is 42.0 Å². The number of hydrogen-bond acceptors (Lipinski definition) is 5. The Balaban J connectivity index is 2.02. The van der Waals surface area contributed by atoms with Crippen molar-refractivity contribution in [3.63, 3.8) is 0 Å². The topological polar surface area (TPSA) is 114 Å². The van der Waals surface area contributed by atoms with Gasteiger partial charge in [0.15, 0.2) is 12.6 Å². The van der Waals surface area contributed by atoms with Gasteiger partial charge in [-0.25, -0.2) is 9.59 Å². The molecule has 0 heterocycles. The summed E-state index contributed by atoms with van der Waals surface area (Å²) < 4.78 is 5.04. The van der Waals surface area contributed by atoms with Gasteiger partial charge in [0, 0.05) is 11.1 Å². The van der Waals surface area contributed by atoms with Gasteiger partial charge in [-0.1, -0.05) is 48.5 Å². The first-order valence-electron chi connectivity index (χ1n) is 9.35. The fraction of sp³-hybridized carbons (Fsp3) is 0.273. The zero-order chi connectivity index (χ0) is 22.1. The second kappa shape index (κ2) is 10.2. The molecule has 0 fully saturated rings. The zero-order valence-corrected chi connectivity index (χ0v) is 17.1. The molecule has 1 unspecified atom stereocenters. The molecule has 0 radical (unpaired) electrons. The number of hydrogen-bond donors (Lipinski definition) is 3. The van der Waals surface area contributed by atoms with Crippen LogP contribution in [-0.4, -0.2) is 36.0 Å². The fourth-order valence-corrected chi connectivity index (χ4v) is 2.48. The Labute approximate surface area is 175 Å². The van der Waals surface area contributed by atoms with Gasteiger partial charge in [-0.15, -0.1) is 0 Å². The smallest absolute Gasteiger partial charge is 0.333 e. The summed E-state index contributed by atoms with van der Waals surface area (Å²) in [6.07, 6.45) is 0. The first kappa shape index (κ1) is 22.6. The summed E-state index contributed by atoms with van der Waals surface area (Å²) in [5, 5.41) is 7.27. The van der Waals surface area contributed by atoms with Crippen LogP contribution in [0.25, 0.3) is 0 Å². The number of urea groups is 1. The third-order valence-corrected chi connectivity index (χ3v) is 3.77. The molecular weight excluding hydrogens is 386 g/mol. The molecule has 0 bridgehead atoms. The summed E-state index contributed by atoms with van der Waals surface area (Å²) in [4.78, 5) is 48.8. The molecule has 0 aromatic heterocycles. The van der Waals surface area contributed by atoms with Crippen LogP contribution in [0.15, 0.2) is 60.7 Å². The second-order valence-electron chi connectivity index (χ2n) is 7.54. The Morgan fingerprint density at radius 2 is 1.47 bits per heavy atom. The van der Waals surface area contributed by atoms with E-state index in [0.717, 1.165) is 0 Å². The molecule has 3 N–H and O–H groups in total. The molecule has 158 valence electrons.